The molecule has 19 heavy (non-hydrogen) atoms. The molecule has 0 heterocycles. The van der Waals surface area contributed by atoms with Gasteiger partial charge in [-0.2, -0.15) is 0 Å². The van der Waals surface area contributed by atoms with Crippen LogP contribution in [0.5, 0.6) is 11.5 Å². The predicted molar refractivity (Wildman–Crippen MR) is 71.1 cm³/mol. The van der Waals surface area contributed by atoms with Crippen LogP contribution < -0.4 is 0 Å². The van der Waals surface area contributed by atoms with E-state index < -0.39 is 15.6 Å². The van der Waals surface area contributed by atoms with Gasteiger partial charge in [0.2, 0.25) is 9.84 Å². The van der Waals surface area contributed by atoms with Crippen molar-refractivity contribution >= 4 is 9.84 Å². The maximum absolute atomic E-state index is 12.5. The molecule has 100 valence electrons. The monoisotopic (exact) mass is 278 g/mol. The lowest BCUT2D eigenvalue weighted by Gasteiger charge is -2.13. The lowest BCUT2D eigenvalue weighted by Crippen LogP contribution is -2.06. The fourth-order valence-corrected chi connectivity index (χ4v) is 3.80. The Labute approximate surface area is 111 Å². The molecular weight excluding hydrogens is 264 g/mol. The third-order valence-electron chi connectivity index (χ3n) is 2.97. The quantitative estimate of drug-likeness (QED) is 0.828. The van der Waals surface area contributed by atoms with Gasteiger partial charge in [0.15, 0.2) is 11.5 Å². The second-order valence-electron chi connectivity index (χ2n) is 4.33. The van der Waals surface area contributed by atoms with Crippen LogP contribution in [0.4, 0.5) is 0 Å². The Hall–Kier alpha value is -2.01. The lowest BCUT2D eigenvalue weighted by atomic mass is 10.1. The Bertz CT molecular complexity index is 719. The van der Waals surface area contributed by atoms with Crippen molar-refractivity contribution < 1.29 is 18.6 Å². The number of hydrogen-bond acceptors (Lipinski definition) is 4. The van der Waals surface area contributed by atoms with Crippen molar-refractivity contribution in [2.24, 2.45) is 0 Å². The summed E-state index contributed by atoms with van der Waals surface area (Å²) in [5, 5.41) is 19.2. The second-order valence-corrected chi connectivity index (χ2v) is 6.22. The van der Waals surface area contributed by atoms with Crippen LogP contribution in [0.1, 0.15) is 11.1 Å². The molecule has 4 nitrogen and oxygen atoms in total. The summed E-state index contributed by atoms with van der Waals surface area (Å²) >= 11 is 0. The smallest absolute Gasteiger partial charge is 0.207 e. The second kappa shape index (κ2) is 4.59. The molecule has 2 rings (SSSR count). The van der Waals surface area contributed by atoms with E-state index in [-0.39, 0.29) is 21.1 Å². The summed E-state index contributed by atoms with van der Waals surface area (Å²) in [6.07, 6.45) is 0. The number of sulfone groups is 1. The summed E-state index contributed by atoms with van der Waals surface area (Å²) in [5.74, 6) is -0.720. The van der Waals surface area contributed by atoms with Crippen molar-refractivity contribution in [3.63, 3.8) is 0 Å². The summed E-state index contributed by atoms with van der Waals surface area (Å²) in [6.45, 7) is 3.06. The number of phenols is 2. The van der Waals surface area contributed by atoms with Crippen molar-refractivity contribution in [2.45, 2.75) is 23.6 Å². The van der Waals surface area contributed by atoms with Gasteiger partial charge in [0.1, 0.15) is 0 Å². The maximum atomic E-state index is 12.5. The Kier molecular flexibility index (Phi) is 3.24. The van der Waals surface area contributed by atoms with Crippen LogP contribution in [-0.4, -0.2) is 18.6 Å². The molecule has 0 saturated carbocycles. The minimum atomic E-state index is -3.71. The van der Waals surface area contributed by atoms with Crippen molar-refractivity contribution in [1.82, 2.24) is 0 Å². The van der Waals surface area contributed by atoms with E-state index in [2.05, 4.69) is 0 Å². The van der Waals surface area contributed by atoms with E-state index in [0.717, 1.165) is 0 Å². The SMILES string of the molecule is Cc1cc(O)c(O)c(C)c1S(=O)(=O)c1ccccc1. The highest BCUT2D eigenvalue weighted by molar-refractivity contribution is 7.91. The highest BCUT2D eigenvalue weighted by Crippen LogP contribution is 2.37. The summed E-state index contributed by atoms with van der Waals surface area (Å²) in [6, 6.07) is 9.25. The van der Waals surface area contributed by atoms with Gasteiger partial charge in [-0.05, 0) is 37.6 Å². The van der Waals surface area contributed by atoms with Crippen LogP contribution in [0.2, 0.25) is 0 Å². The molecule has 0 spiro atoms. The minimum Gasteiger partial charge on any atom is -0.504 e. The van der Waals surface area contributed by atoms with Crippen molar-refractivity contribution in [1.29, 1.82) is 0 Å². The first-order chi connectivity index (χ1) is 8.85. The van der Waals surface area contributed by atoms with E-state index in [9.17, 15) is 18.6 Å². The van der Waals surface area contributed by atoms with Crippen molar-refractivity contribution in [3.8, 4) is 11.5 Å². The molecule has 0 fully saturated rings. The number of phenolic OH excluding ortho intramolecular Hbond substituents is 2. The molecule has 2 aromatic rings. The van der Waals surface area contributed by atoms with Crippen LogP contribution in [-0.2, 0) is 9.84 Å². The van der Waals surface area contributed by atoms with Gasteiger partial charge in [-0.25, -0.2) is 8.42 Å². The van der Waals surface area contributed by atoms with Gasteiger partial charge < -0.3 is 10.2 Å². The van der Waals surface area contributed by atoms with Gasteiger partial charge >= 0.3 is 0 Å². The van der Waals surface area contributed by atoms with E-state index in [4.69, 9.17) is 0 Å². The van der Waals surface area contributed by atoms with E-state index in [1.54, 1.807) is 25.1 Å². The molecule has 2 N–H and O–H groups in total. The van der Waals surface area contributed by atoms with Gasteiger partial charge in [-0.15, -0.1) is 0 Å². The summed E-state index contributed by atoms with van der Waals surface area (Å²) in [7, 11) is -3.71. The minimum absolute atomic E-state index is 0.0361. The highest BCUT2D eigenvalue weighted by atomic mass is 32.2. The fraction of sp³-hybridized carbons (Fsp3) is 0.143. The fourth-order valence-electron chi connectivity index (χ4n) is 2.07. The van der Waals surface area contributed by atoms with E-state index in [0.29, 0.717) is 5.56 Å². The average Bonchev–Trinajstić information content (AvgIpc) is 2.37. The maximum Gasteiger partial charge on any atom is 0.207 e. The van der Waals surface area contributed by atoms with Crippen LogP contribution in [0, 0.1) is 13.8 Å². The van der Waals surface area contributed by atoms with E-state index >= 15 is 0 Å². The van der Waals surface area contributed by atoms with Crippen LogP contribution in [0.3, 0.4) is 0 Å². The van der Waals surface area contributed by atoms with E-state index in [1.165, 1.54) is 25.1 Å². The third-order valence-corrected chi connectivity index (χ3v) is 5.03. The molecule has 0 radical (unpaired) electrons. The lowest BCUT2D eigenvalue weighted by molar-refractivity contribution is 0.398. The van der Waals surface area contributed by atoms with Crippen LogP contribution >= 0.6 is 0 Å². The topological polar surface area (TPSA) is 74.6 Å². The summed E-state index contributed by atoms with van der Waals surface area (Å²) in [4.78, 5) is 0.195. The molecule has 0 aliphatic heterocycles. The van der Waals surface area contributed by atoms with Crippen molar-refractivity contribution in [2.75, 3.05) is 0 Å². The van der Waals surface area contributed by atoms with Gasteiger partial charge in [0, 0.05) is 5.56 Å². The van der Waals surface area contributed by atoms with Crippen LogP contribution in [0.25, 0.3) is 0 Å². The molecular formula is C14H14O4S. The third kappa shape index (κ3) is 2.17. The molecule has 0 atom stereocenters. The molecule has 0 amide bonds. The van der Waals surface area contributed by atoms with E-state index in [1.807, 2.05) is 0 Å². The van der Waals surface area contributed by atoms with Crippen LogP contribution in [0.15, 0.2) is 46.2 Å². The molecule has 0 aliphatic carbocycles. The van der Waals surface area contributed by atoms with Gasteiger partial charge in [0.25, 0.3) is 0 Å². The Balaban J connectivity index is 2.77. The first kappa shape index (κ1) is 13.4. The van der Waals surface area contributed by atoms with Gasteiger partial charge in [0.05, 0.1) is 9.79 Å². The molecule has 0 bridgehead atoms. The Morgan fingerprint density at radius 3 is 2.16 bits per heavy atom. The summed E-state index contributed by atoms with van der Waals surface area (Å²) < 4.78 is 25.1. The van der Waals surface area contributed by atoms with Gasteiger partial charge in [-0.3, -0.25) is 0 Å². The zero-order valence-electron chi connectivity index (χ0n) is 10.6. The van der Waals surface area contributed by atoms with Gasteiger partial charge in [-0.1, -0.05) is 18.2 Å². The average molecular weight is 278 g/mol. The number of rotatable bonds is 2. The number of aryl methyl sites for hydroxylation is 1. The zero-order chi connectivity index (χ0) is 14.2. The number of benzene rings is 2. The molecule has 2 aromatic carbocycles. The predicted octanol–water partition coefficient (Wildman–Crippen LogP) is 2.55. The number of aromatic hydroxyl groups is 2. The Morgan fingerprint density at radius 1 is 1.00 bits per heavy atom. The molecule has 0 aliphatic rings. The largest absolute Gasteiger partial charge is 0.504 e. The normalized spacial score (nSPS) is 11.5. The molecule has 5 heteroatoms. The highest BCUT2D eigenvalue weighted by Gasteiger charge is 2.25. The first-order valence-corrected chi connectivity index (χ1v) is 7.16. The Morgan fingerprint density at radius 2 is 1.58 bits per heavy atom. The molecule has 0 saturated heterocycles. The zero-order valence-corrected chi connectivity index (χ0v) is 11.4. The summed E-state index contributed by atoms with van der Waals surface area (Å²) in [5.41, 5.74) is 0.554. The van der Waals surface area contributed by atoms with Crippen molar-refractivity contribution in [3.05, 3.63) is 47.5 Å². The molecule has 0 aromatic heterocycles. The molecule has 0 unspecified atom stereocenters. The first-order valence-electron chi connectivity index (χ1n) is 5.68. The standard InChI is InChI=1S/C14H14O4S/c1-9-8-12(15)13(16)10(2)14(9)19(17,18)11-6-4-3-5-7-11/h3-8,15-16H,1-2H3. The number of hydrogen-bond donors (Lipinski definition) is 2.